The van der Waals surface area contributed by atoms with Gasteiger partial charge in [-0.25, -0.2) is 4.68 Å². The van der Waals surface area contributed by atoms with E-state index >= 15 is 0 Å². The summed E-state index contributed by atoms with van der Waals surface area (Å²) in [6.07, 6.45) is 0. The summed E-state index contributed by atoms with van der Waals surface area (Å²) in [6, 6.07) is 2.70. The van der Waals surface area contributed by atoms with E-state index in [1.165, 1.54) is 12.1 Å². The van der Waals surface area contributed by atoms with Crippen LogP contribution in [0.4, 0.5) is 11.8 Å². The Morgan fingerprint density at radius 2 is 1.82 bits per heavy atom. The van der Waals surface area contributed by atoms with Gasteiger partial charge in [-0.3, -0.25) is 0 Å². The summed E-state index contributed by atoms with van der Waals surface area (Å²) in [5, 5.41) is 34.9. The van der Waals surface area contributed by atoms with Gasteiger partial charge in [-0.1, -0.05) is 16.8 Å². The Morgan fingerprint density at radius 3 is 2.43 bits per heavy atom. The zero-order chi connectivity index (χ0) is 20.4. The molecule has 1 atom stereocenters. The summed E-state index contributed by atoms with van der Waals surface area (Å²) < 4.78 is 1.69. The third kappa shape index (κ3) is 4.18. The first kappa shape index (κ1) is 19.9. The Balaban J connectivity index is 1.97. The molecular formula is C17H23ClN8O2. The number of anilines is 2. The standard InChI is InChI=1S/C17H23ClN8O2/c1-8(2)26-16-14(24-25-26)15(22-17(23-16)21-6-9(3)19)20-7-11-12(27)4-10(18)5-13(11)28/h4-5,8-9,27-28H,6-7,19H2,1-3H3,(H2,20,21,22,23). The van der Waals surface area contributed by atoms with E-state index in [1.54, 1.807) is 4.68 Å². The molecule has 2 aromatic heterocycles. The molecule has 0 saturated heterocycles. The summed E-state index contributed by atoms with van der Waals surface area (Å²) in [5.74, 6) is 0.548. The summed E-state index contributed by atoms with van der Waals surface area (Å²) >= 11 is 5.83. The van der Waals surface area contributed by atoms with E-state index in [-0.39, 0.29) is 40.7 Å². The molecule has 0 aliphatic carbocycles. The van der Waals surface area contributed by atoms with E-state index in [0.717, 1.165) is 0 Å². The maximum atomic E-state index is 10.1. The first-order valence-electron chi connectivity index (χ1n) is 8.83. The lowest BCUT2D eigenvalue weighted by molar-refractivity contribution is 0.440. The monoisotopic (exact) mass is 406 g/mol. The highest BCUT2D eigenvalue weighted by Crippen LogP contribution is 2.32. The summed E-state index contributed by atoms with van der Waals surface area (Å²) in [5.41, 5.74) is 7.13. The van der Waals surface area contributed by atoms with Crippen LogP contribution in [-0.4, -0.2) is 47.8 Å². The molecule has 0 aliphatic rings. The Kier molecular flexibility index (Phi) is 5.71. The molecule has 2 heterocycles. The van der Waals surface area contributed by atoms with Crippen LogP contribution in [0.15, 0.2) is 12.1 Å². The Labute approximate surface area is 166 Å². The van der Waals surface area contributed by atoms with Gasteiger partial charge in [0.05, 0.1) is 11.6 Å². The number of phenols is 2. The van der Waals surface area contributed by atoms with E-state index in [1.807, 2.05) is 20.8 Å². The number of aromatic hydroxyl groups is 2. The molecule has 0 spiro atoms. The topological polar surface area (TPSA) is 147 Å². The number of nitrogens with zero attached hydrogens (tertiary/aromatic N) is 5. The lowest BCUT2D eigenvalue weighted by Gasteiger charge is -2.13. The highest BCUT2D eigenvalue weighted by Gasteiger charge is 2.17. The summed E-state index contributed by atoms with van der Waals surface area (Å²) in [7, 11) is 0. The van der Waals surface area contributed by atoms with Gasteiger partial charge in [-0.05, 0) is 32.9 Å². The van der Waals surface area contributed by atoms with Crippen molar-refractivity contribution in [3.05, 3.63) is 22.7 Å². The number of rotatable bonds is 7. The van der Waals surface area contributed by atoms with Crippen LogP contribution in [0, 0.1) is 0 Å². The van der Waals surface area contributed by atoms with E-state index in [2.05, 4.69) is 30.9 Å². The predicted octanol–water partition coefficient (Wildman–Crippen LogP) is 2.24. The highest BCUT2D eigenvalue weighted by atomic mass is 35.5. The average Bonchev–Trinajstić information content (AvgIpc) is 3.03. The van der Waals surface area contributed by atoms with E-state index in [0.29, 0.717) is 29.5 Å². The third-order valence-electron chi connectivity index (χ3n) is 4.00. The van der Waals surface area contributed by atoms with E-state index in [9.17, 15) is 10.2 Å². The van der Waals surface area contributed by atoms with Crippen molar-refractivity contribution in [2.45, 2.75) is 39.4 Å². The summed E-state index contributed by atoms with van der Waals surface area (Å²) in [6.45, 7) is 6.41. The molecule has 0 aliphatic heterocycles. The van der Waals surface area contributed by atoms with Crippen molar-refractivity contribution >= 4 is 34.5 Å². The maximum absolute atomic E-state index is 10.1. The quantitative estimate of drug-likeness (QED) is 0.398. The van der Waals surface area contributed by atoms with Crippen LogP contribution in [0.3, 0.4) is 0 Å². The average molecular weight is 407 g/mol. The van der Waals surface area contributed by atoms with Crippen molar-refractivity contribution in [2.75, 3.05) is 17.2 Å². The van der Waals surface area contributed by atoms with Crippen LogP contribution in [0.25, 0.3) is 11.2 Å². The minimum atomic E-state index is -0.121. The molecule has 3 aromatic rings. The first-order valence-corrected chi connectivity index (χ1v) is 9.20. The number of aromatic nitrogens is 5. The number of halogens is 1. The molecule has 6 N–H and O–H groups in total. The van der Waals surface area contributed by atoms with Gasteiger partial charge in [0.2, 0.25) is 5.95 Å². The number of nitrogens with two attached hydrogens (primary N) is 1. The number of fused-ring (bicyclic) bond motifs is 1. The Morgan fingerprint density at radius 1 is 1.14 bits per heavy atom. The second kappa shape index (κ2) is 8.03. The molecule has 1 unspecified atom stereocenters. The van der Waals surface area contributed by atoms with Crippen LogP contribution in [0.2, 0.25) is 5.02 Å². The number of hydrogen-bond acceptors (Lipinski definition) is 9. The lowest BCUT2D eigenvalue weighted by Crippen LogP contribution is -2.26. The number of hydrogen-bond donors (Lipinski definition) is 5. The number of benzene rings is 1. The van der Waals surface area contributed by atoms with Crippen molar-refractivity contribution in [1.29, 1.82) is 0 Å². The van der Waals surface area contributed by atoms with Crippen LogP contribution in [0.1, 0.15) is 32.4 Å². The molecule has 11 heteroatoms. The normalized spacial score (nSPS) is 12.5. The molecular weight excluding hydrogens is 384 g/mol. The van der Waals surface area contributed by atoms with Gasteiger partial charge in [0.25, 0.3) is 0 Å². The molecule has 0 amide bonds. The lowest BCUT2D eigenvalue weighted by atomic mass is 10.1. The second-order valence-corrected chi connectivity index (χ2v) is 7.27. The highest BCUT2D eigenvalue weighted by molar-refractivity contribution is 6.30. The Bertz CT molecular complexity index is 966. The third-order valence-corrected chi connectivity index (χ3v) is 4.21. The van der Waals surface area contributed by atoms with E-state index in [4.69, 9.17) is 17.3 Å². The minimum Gasteiger partial charge on any atom is -0.507 e. The Hall–Kier alpha value is -2.85. The molecule has 28 heavy (non-hydrogen) atoms. The fraction of sp³-hybridized carbons (Fsp3) is 0.412. The van der Waals surface area contributed by atoms with Crippen LogP contribution >= 0.6 is 11.6 Å². The molecule has 1 aromatic carbocycles. The molecule has 150 valence electrons. The first-order chi connectivity index (χ1) is 13.3. The second-order valence-electron chi connectivity index (χ2n) is 6.83. The smallest absolute Gasteiger partial charge is 0.226 e. The number of nitrogens with one attached hydrogen (secondary N) is 2. The van der Waals surface area contributed by atoms with Gasteiger partial charge in [-0.2, -0.15) is 9.97 Å². The van der Waals surface area contributed by atoms with Gasteiger partial charge in [0.15, 0.2) is 17.0 Å². The van der Waals surface area contributed by atoms with Gasteiger partial charge >= 0.3 is 0 Å². The molecule has 3 rings (SSSR count). The SMILES string of the molecule is CC(N)CNc1nc(NCc2c(O)cc(Cl)cc2O)c2nnn(C(C)C)c2n1. The van der Waals surface area contributed by atoms with Crippen molar-refractivity contribution in [1.82, 2.24) is 25.0 Å². The molecule has 0 fully saturated rings. The fourth-order valence-electron chi connectivity index (χ4n) is 2.59. The minimum absolute atomic E-state index is 0.0541. The van der Waals surface area contributed by atoms with Gasteiger partial charge in [0.1, 0.15) is 11.5 Å². The molecule has 0 saturated carbocycles. The van der Waals surface area contributed by atoms with Crippen LogP contribution in [0.5, 0.6) is 11.5 Å². The largest absolute Gasteiger partial charge is 0.507 e. The van der Waals surface area contributed by atoms with Crippen molar-refractivity contribution in [3.63, 3.8) is 0 Å². The predicted molar refractivity (Wildman–Crippen MR) is 108 cm³/mol. The van der Waals surface area contributed by atoms with Gasteiger partial charge in [0, 0.05) is 24.2 Å². The van der Waals surface area contributed by atoms with E-state index < -0.39 is 0 Å². The van der Waals surface area contributed by atoms with Crippen molar-refractivity contribution in [2.24, 2.45) is 5.73 Å². The zero-order valence-corrected chi connectivity index (χ0v) is 16.6. The van der Waals surface area contributed by atoms with Crippen LogP contribution in [-0.2, 0) is 6.54 Å². The zero-order valence-electron chi connectivity index (χ0n) is 15.8. The maximum Gasteiger partial charge on any atom is 0.226 e. The summed E-state index contributed by atoms with van der Waals surface area (Å²) in [4.78, 5) is 8.94. The van der Waals surface area contributed by atoms with Crippen molar-refractivity contribution < 1.29 is 10.2 Å². The molecule has 10 nitrogen and oxygen atoms in total. The van der Waals surface area contributed by atoms with Crippen LogP contribution < -0.4 is 16.4 Å². The van der Waals surface area contributed by atoms with Crippen molar-refractivity contribution in [3.8, 4) is 11.5 Å². The molecule has 0 radical (unpaired) electrons. The van der Waals surface area contributed by atoms with Gasteiger partial charge in [-0.15, -0.1) is 5.10 Å². The number of phenolic OH excluding ortho intramolecular Hbond substituents is 2. The fourth-order valence-corrected chi connectivity index (χ4v) is 2.80. The van der Waals surface area contributed by atoms with Gasteiger partial charge < -0.3 is 26.6 Å². The molecule has 0 bridgehead atoms.